The van der Waals surface area contributed by atoms with E-state index in [1.165, 1.54) is 7.05 Å². The summed E-state index contributed by atoms with van der Waals surface area (Å²) in [6.07, 6.45) is 2.10. The first kappa shape index (κ1) is 31.6. The SMILES string of the molecule is CCC(=O)Nc1ccc2c(c1)C(COC(=O)NC)c1cc(NC(=O)CCCC(=O)NCCOCCCCO)ccc1-2. The Morgan fingerprint density at radius 1 is 0.829 bits per heavy atom. The van der Waals surface area contributed by atoms with Crippen LogP contribution in [0.25, 0.3) is 11.1 Å². The van der Waals surface area contributed by atoms with Crippen molar-refractivity contribution < 1.29 is 33.8 Å². The number of hydrogen-bond acceptors (Lipinski definition) is 7. The van der Waals surface area contributed by atoms with Crippen LogP contribution in [0.5, 0.6) is 0 Å². The molecular formula is C30H40N4O7. The Morgan fingerprint density at radius 3 is 2.07 bits per heavy atom. The van der Waals surface area contributed by atoms with Crippen LogP contribution in [0.2, 0.25) is 0 Å². The van der Waals surface area contributed by atoms with Crippen LogP contribution in [-0.4, -0.2) is 68.9 Å². The van der Waals surface area contributed by atoms with E-state index in [9.17, 15) is 19.2 Å². The van der Waals surface area contributed by atoms with E-state index in [2.05, 4.69) is 21.3 Å². The summed E-state index contributed by atoms with van der Waals surface area (Å²) in [5.41, 5.74) is 5.03. The molecule has 0 aromatic heterocycles. The molecule has 11 nitrogen and oxygen atoms in total. The van der Waals surface area contributed by atoms with Crippen LogP contribution in [0, 0.1) is 0 Å². The third-order valence-electron chi connectivity index (χ3n) is 6.69. The first-order valence-corrected chi connectivity index (χ1v) is 14.0. The number of aliphatic hydroxyl groups excluding tert-OH is 1. The Labute approximate surface area is 240 Å². The molecule has 4 amide bonds. The third-order valence-corrected chi connectivity index (χ3v) is 6.69. The highest BCUT2D eigenvalue weighted by Crippen LogP contribution is 2.46. The van der Waals surface area contributed by atoms with E-state index in [0.717, 1.165) is 28.7 Å². The van der Waals surface area contributed by atoms with Crippen molar-refractivity contribution in [3.8, 4) is 11.1 Å². The summed E-state index contributed by atoms with van der Waals surface area (Å²) in [5.74, 6) is -0.723. The molecule has 0 aliphatic heterocycles. The molecule has 11 heteroatoms. The van der Waals surface area contributed by atoms with Gasteiger partial charge in [0.2, 0.25) is 17.7 Å². The number of benzene rings is 2. The number of alkyl carbamates (subject to hydrolysis) is 1. The first-order chi connectivity index (χ1) is 19.9. The second-order valence-electron chi connectivity index (χ2n) is 9.70. The Hall–Kier alpha value is -3.96. The molecule has 0 saturated heterocycles. The van der Waals surface area contributed by atoms with Gasteiger partial charge in [0.05, 0.1) is 6.61 Å². The zero-order chi connectivity index (χ0) is 29.6. The molecule has 0 radical (unpaired) electrons. The minimum absolute atomic E-state index is 0.0884. The van der Waals surface area contributed by atoms with Gasteiger partial charge in [0, 0.05) is 63.4 Å². The zero-order valence-electron chi connectivity index (χ0n) is 23.7. The summed E-state index contributed by atoms with van der Waals surface area (Å²) in [4.78, 5) is 48.4. The largest absolute Gasteiger partial charge is 0.449 e. The van der Waals surface area contributed by atoms with Gasteiger partial charge in [-0.15, -0.1) is 0 Å². The number of carbonyl (C=O) groups excluding carboxylic acids is 4. The monoisotopic (exact) mass is 568 g/mol. The Balaban J connectivity index is 1.57. The number of anilines is 2. The van der Waals surface area contributed by atoms with Crippen LogP contribution in [0.15, 0.2) is 36.4 Å². The van der Waals surface area contributed by atoms with Gasteiger partial charge in [-0.2, -0.15) is 0 Å². The predicted octanol–water partition coefficient (Wildman–Crippen LogP) is 3.52. The first-order valence-electron chi connectivity index (χ1n) is 14.0. The van der Waals surface area contributed by atoms with Crippen LogP contribution < -0.4 is 21.3 Å². The Morgan fingerprint density at radius 2 is 1.46 bits per heavy atom. The summed E-state index contributed by atoms with van der Waals surface area (Å²) in [6, 6.07) is 11.3. The molecular weight excluding hydrogens is 528 g/mol. The van der Waals surface area contributed by atoms with Crippen LogP contribution in [0.3, 0.4) is 0 Å². The lowest BCUT2D eigenvalue weighted by molar-refractivity contribution is -0.121. The van der Waals surface area contributed by atoms with E-state index >= 15 is 0 Å². The number of rotatable bonds is 16. The van der Waals surface area contributed by atoms with Crippen LogP contribution in [0.4, 0.5) is 16.2 Å². The molecule has 0 spiro atoms. The molecule has 0 bridgehead atoms. The van der Waals surface area contributed by atoms with E-state index in [1.807, 2.05) is 36.4 Å². The maximum Gasteiger partial charge on any atom is 0.406 e. The number of carbonyl (C=O) groups is 4. The minimum atomic E-state index is -0.547. The Bertz CT molecular complexity index is 1220. The molecule has 41 heavy (non-hydrogen) atoms. The second kappa shape index (κ2) is 16.3. The maximum atomic E-state index is 12.6. The van der Waals surface area contributed by atoms with Crippen molar-refractivity contribution >= 4 is 35.2 Å². The molecule has 5 N–H and O–H groups in total. The van der Waals surface area contributed by atoms with Crippen molar-refractivity contribution in [1.82, 2.24) is 10.6 Å². The van der Waals surface area contributed by atoms with Gasteiger partial charge in [0.15, 0.2) is 0 Å². The molecule has 0 saturated carbocycles. The minimum Gasteiger partial charge on any atom is -0.449 e. The highest BCUT2D eigenvalue weighted by molar-refractivity contribution is 5.94. The fourth-order valence-electron chi connectivity index (χ4n) is 4.58. The highest BCUT2D eigenvalue weighted by Gasteiger charge is 2.30. The summed E-state index contributed by atoms with van der Waals surface area (Å²) in [6.45, 7) is 3.37. The summed E-state index contributed by atoms with van der Waals surface area (Å²) in [7, 11) is 1.49. The van der Waals surface area contributed by atoms with E-state index < -0.39 is 6.09 Å². The lowest BCUT2D eigenvalue weighted by Crippen LogP contribution is -2.27. The molecule has 1 unspecified atom stereocenters. The molecule has 3 rings (SSSR count). The molecule has 1 aliphatic rings. The van der Waals surface area contributed by atoms with Gasteiger partial charge in [-0.25, -0.2) is 4.79 Å². The van der Waals surface area contributed by atoms with Gasteiger partial charge < -0.3 is 35.8 Å². The second-order valence-corrected chi connectivity index (χ2v) is 9.70. The number of nitrogens with one attached hydrogen (secondary N) is 4. The normalized spacial score (nSPS) is 13.1. The van der Waals surface area contributed by atoms with Crippen LogP contribution in [-0.2, 0) is 23.9 Å². The standard InChI is InChI=1S/C30H40N4O7/c1-3-27(36)33-20-9-11-22-23-12-10-21(18-25(23)26(24(22)17-20)19-41-30(39)31-2)34-29(38)8-6-7-28(37)32-13-16-40-15-5-4-14-35/h9-12,17-18,26,35H,3-8,13-16,19H2,1-2H3,(H,31,39)(H,32,37)(H,33,36)(H,34,38). The lowest BCUT2D eigenvalue weighted by atomic mass is 9.97. The van der Waals surface area contributed by atoms with Crippen LogP contribution >= 0.6 is 0 Å². The van der Waals surface area contributed by atoms with E-state index in [4.69, 9.17) is 14.6 Å². The fraction of sp³-hybridized carbons (Fsp3) is 0.467. The highest BCUT2D eigenvalue weighted by atomic mass is 16.5. The van der Waals surface area contributed by atoms with Crippen molar-refractivity contribution in [3.63, 3.8) is 0 Å². The number of unbranched alkanes of at least 4 members (excludes halogenated alkanes) is 1. The Kier molecular flexibility index (Phi) is 12.6. The van der Waals surface area contributed by atoms with Gasteiger partial charge in [0.1, 0.15) is 6.61 Å². The molecule has 2 aromatic rings. The number of ether oxygens (including phenoxy) is 2. The van der Waals surface area contributed by atoms with Crippen molar-refractivity contribution in [2.24, 2.45) is 0 Å². The van der Waals surface area contributed by atoms with Crippen molar-refractivity contribution in [2.75, 3.05) is 50.7 Å². The van der Waals surface area contributed by atoms with Crippen molar-refractivity contribution in [2.45, 2.75) is 51.4 Å². The topological polar surface area (TPSA) is 155 Å². The summed E-state index contributed by atoms with van der Waals surface area (Å²) in [5, 5.41) is 19.7. The maximum absolute atomic E-state index is 12.6. The molecule has 222 valence electrons. The number of aliphatic hydroxyl groups is 1. The van der Waals surface area contributed by atoms with Crippen molar-refractivity contribution in [1.29, 1.82) is 0 Å². The van der Waals surface area contributed by atoms with Gasteiger partial charge in [-0.1, -0.05) is 19.1 Å². The number of hydrogen-bond donors (Lipinski definition) is 5. The van der Waals surface area contributed by atoms with E-state index in [1.54, 1.807) is 6.92 Å². The predicted molar refractivity (Wildman–Crippen MR) is 156 cm³/mol. The van der Waals surface area contributed by atoms with Crippen molar-refractivity contribution in [3.05, 3.63) is 47.5 Å². The van der Waals surface area contributed by atoms with Gasteiger partial charge in [-0.05, 0) is 65.8 Å². The molecule has 1 aliphatic carbocycles. The van der Waals surface area contributed by atoms with E-state index in [0.29, 0.717) is 50.4 Å². The van der Waals surface area contributed by atoms with Gasteiger partial charge >= 0.3 is 6.09 Å². The fourth-order valence-corrected chi connectivity index (χ4v) is 4.58. The number of fused-ring (bicyclic) bond motifs is 3. The summed E-state index contributed by atoms with van der Waals surface area (Å²) >= 11 is 0. The third kappa shape index (κ3) is 9.58. The van der Waals surface area contributed by atoms with E-state index in [-0.39, 0.29) is 49.7 Å². The molecule has 2 aromatic carbocycles. The number of amides is 4. The average molecular weight is 569 g/mol. The quantitative estimate of drug-likeness (QED) is 0.194. The molecule has 0 heterocycles. The lowest BCUT2D eigenvalue weighted by Gasteiger charge is -2.16. The average Bonchev–Trinajstić information content (AvgIpc) is 3.27. The molecule has 1 atom stereocenters. The van der Waals surface area contributed by atoms with Gasteiger partial charge in [-0.3, -0.25) is 14.4 Å². The van der Waals surface area contributed by atoms with Gasteiger partial charge in [0.25, 0.3) is 0 Å². The molecule has 0 fully saturated rings. The summed E-state index contributed by atoms with van der Waals surface area (Å²) < 4.78 is 10.8. The van der Waals surface area contributed by atoms with Crippen LogP contribution in [0.1, 0.15) is 62.5 Å². The zero-order valence-corrected chi connectivity index (χ0v) is 23.7. The smallest absolute Gasteiger partial charge is 0.406 e.